The standard InChI is InChI=1S/C22H16N2O/c25-22(24-19-14-18-7-2-4-11-21(18)23-15-19)13-12-17-9-5-8-16-6-1-3-10-20(16)17/h1-15H,(H,24,25). The summed E-state index contributed by atoms with van der Waals surface area (Å²) in [4.78, 5) is 16.6. The van der Waals surface area contributed by atoms with E-state index in [0.717, 1.165) is 27.2 Å². The number of carbonyl (C=O) groups excluding carboxylic acids is 1. The quantitative estimate of drug-likeness (QED) is 0.536. The number of hydrogen-bond acceptors (Lipinski definition) is 2. The second kappa shape index (κ2) is 6.57. The van der Waals surface area contributed by atoms with Crippen molar-refractivity contribution in [3.63, 3.8) is 0 Å². The molecule has 3 nitrogen and oxygen atoms in total. The summed E-state index contributed by atoms with van der Waals surface area (Å²) in [6, 6.07) is 23.9. The maximum absolute atomic E-state index is 12.2. The molecule has 0 saturated heterocycles. The molecule has 120 valence electrons. The zero-order valence-corrected chi connectivity index (χ0v) is 13.5. The lowest BCUT2D eigenvalue weighted by Crippen LogP contribution is -2.07. The van der Waals surface area contributed by atoms with Gasteiger partial charge < -0.3 is 5.32 Å². The van der Waals surface area contributed by atoms with Gasteiger partial charge in [-0.2, -0.15) is 0 Å². The SMILES string of the molecule is O=C(C=Cc1cccc2ccccc12)Nc1cnc2ccccc2c1. The first kappa shape index (κ1) is 15.1. The molecule has 1 aromatic heterocycles. The van der Waals surface area contributed by atoms with Gasteiger partial charge in [0.25, 0.3) is 0 Å². The summed E-state index contributed by atoms with van der Waals surface area (Å²) in [6.45, 7) is 0. The van der Waals surface area contributed by atoms with Crippen molar-refractivity contribution in [2.45, 2.75) is 0 Å². The van der Waals surface area contributed by atoms with Crippen LogP contribution in [0.5, 0.6) is 0 Å². The highest BCUT2D eigenvalue weighted by Crippen LogP contribution is 2.20. The molecule has 0 spiro atoms. The zero-order chi connectivity index (χ0) is 17.1. The van der Waals surface area contributed by atoms with E-state index in [9.17, 15) is 4.79 Å². The van der Waals surface area contributed by atoms with E-state index in [1.54, 1.807) is 12.3 Å². The van der Waals surface area contributed by atoms with Gasteiger partial charge >= 0.3 is 0 Å². The Labute approximate surface area is 145 Å². The fraction of sp³-hybridized carbons (Fsp3) is 0. The first-order valence-electron chi connectivity index (χ1n) is 8.11. The molecule has 0 aliphatic heterocycles. The van der Waals surface area contributed by atoms with E-state index in [-0.39, 0.29) is 5.91 Å². The first-order valence-corrected chi connectivity index (χ1v) is 8.11. The Balaban J connectivity index is 1.55. The highest BCUT2D eigenvalue weighted by molar-refractivity contribution is 6.04. The Morgan fingerprint density at radius 1 is 0.880 bits per heavy atom. The lowest BCUT2D eigenvalue weighted by atomic mass is 10.0. The highest BCUT2D eigenvalue weighted by Gasteiger charge is 2.02. The van der Waals surface area contributed by atoms with Crippen LogP contribution in [-0.2, 0) is 4.79 Å². The highest BCUT2D eigenvalue weighted by atomic mass is 16.1. The molecule has 0 bridgehead atoms. The van der Waals surface area contributed by atoms with Crippen molar-refractivity contribution in [2.75, 3.05) is 5.32 Å². The molecule has 1 heterocycles. The van der Waals surface area contributed by atoms with E-state index in [0.29, 0.717) is 5.69 Å². The maximum Gasteiger partial charge on any atom is 0.248 e. The summed E-state index contributed by atoms with van der Waals surface area (Å²) in [5, 5.41) is 6.15. The predicted octanol–water partition coefficient (Wildman–Crippen LogP) is 5.04. The number of para-hydroxylation sites is 1. The third kappa shape index (κ3) is 3.26. The van der Waals surface area contributed by atoms with Crippen LogP contribution in [0.4, 0.5) is 5.69 Å². The average Bonchev–Trinajstić information content (AvgIpc) is 2.66. The van der Waals surface area contributed by atoms with E-state index >= 15 is 0 Å². The molecular weight excluding hydrogens is 308 g/mol. The third-order valence-corrected chi connectivity index (χ3v) is 4.10. The largest absolute Gasteiger partial charge is 0.321 e. The molecule has 0 aliphatic carbocycles. The summed E-state index contributed by atoms with van der Waals surface area (Å²) in [5.41, 5.74) is 2.61. The van der Waals surface area contributed by atoms with Crippen molar-refractivity contribution < 1.29 is 4.79 Å². The number of benzene rings is 3. The number of carbonyl (C=O) groups is 1. The van der Waals surface area contributed by atoms with Crippen molar-refractivity contribution in [1.29, 1.82) is 0 Å². The summed E-state index contributed by atoms with van der Waals surface area (Å²) < 4.78 is 0. The van der Waals surface area contributed by atoms with Crippen LogP contribution in [0.2, 0.25) is 0 Å². The molecular formula is C22H16N2O. The second-order valence-corrected chi connectivity index (χ2v) is 5.81. The van der Waals surface area contributed by atoms with Gasteiger partial charge in [0.2, 0.25) is 5.91 Å². The number of hydrogen-bond donors (Lipinski definition) is 1. The van der Waals surface area contributed by atoms with Crippen LogP contribution in [-0.4, -0.2) is 10.9 Å². The fourth-order valence-electron chi connectivity index (χ4n) is 2.88. The normalized spacial score (nSPS) is 11.2. The summed E-state index contributed by atoms with van der Waals surface area (Å²) in [5.74, 6) is -0.176. The number of nitrogens with one attached hydrogen (secondary N) is 1. The number of nitrogens with zero attached hydrogens (tertiary/aromatic N) is 1. The third-order valence-electron chi connectivity index (χ3n) is 4.10. The van der Waals surface area contributed by atoms with Crippen molar-refractivity contribution >= 4 is 39.3 Å². The molecule has 4 aromatic rings. The molecule has 0 saturated carbocycles. The van der Waals surface area contributed by atoms with Gasteiger partial charge in [-0.25, -0.2) is 0 Å². The maximum atomic E-state index is 12.2. The van der Waals surface area contributed by atoms with Crippen molar-refractivity contribution in [3.05, 3.63) is 90.6 Å². The Morgan fingerprint density at radius 2 is 1.64 bits per heavy atom. The molecule has 4 rings (SSSR count). The van der Waals surface area contributed by atoms with Gasteiger partial charge in [-0.05, 0) is 34.5 Å². The number of pyridine rings is 1. The van der Waals surface area contributed by atoms with Gasteiger partial charge in [0.15, 0.2) is 0 Å². The lowest BCUT2D eigenvalue weighted by molar-refractivity contribution is -0.111. The van der Waals surface area contributed by atoms with Crippen LogP contribution in [0.1, 0.15) is 5.56 Å². The predicted molar refractivity (Wildman–Crippen MR) is 103 cm³/mol. The second-order valence-electron chi connectivity index (χ2n) is 5.81. The van der Waals surface area contributed by atoms with Crippen LogP contribution in [0, 0.1) is 0 Å². The minimum absolute atomic E-state index is 0.176. The molecule has 0 radical (unpaired) electrons. The average molecular weight is 324 g/mol. The van der Waals surface area contributed by atoms with Gasteiger partial charge in [0.1, 0.15) is 0 Å². The van der Waals surface area contributed by atoms with Gasteiger partial charge in [-0.15, -0.1) is 0 Å². The van der Waals surface area contributed by atoms with Gasteiger partial charge in [0, 0.05) is 11.5 Å². The number of fused-ring (bicyclic) bond motifs is 2. The molecule has 1 N–H and O–H groups in total. The van der Waals surface area contributed by atoms with Crippen molar-refractivity contribution in [3.8, 4) is 0 Å². The van der Waals surface area contributed by atoms with E-state index in [4.69, 9.17) is 0 Å². The molecule has 0 aliphatic rings. The monoisotopic (exact) mass is 324 g/mol. The van der Waals surface area contributed by atoms with Crippen molar-refractivity contribution in [1.82, 2.24) is 4.98 Å². The first-order chi connectivity index (χ1) is 12.3. The molecule has 3 heteroatoms. The van der Waals surface area contributed by atoms with Crippen LogP contribution in [0.25, 0.3) is 27.8 Å². The fourth-order valence-corrected chi connectivity index (χ4v) is 2.88. The molecule has 1 amide bonds. The van der Waals surface area contributed by atoms with E-state index in [1.165, 1.54) is 0 Å². The van der Waals surface area contributed by atoms with Gasteiger partial charge in [-0.3, -0.25) is 9.78 Å². The Morgan fingerprint density at radius 3 is 2.56 bits per heavy atom. The van der Waals surface area contributed by atoms with Crippen LogP contribution < -0.4 is 5.32 Å². The summed E-state index contributed by atoms with van der Waals surface area (Å²) in [6.07, 6.45) is 5.06. The summed E-state index contributed by atoms with van der Waals surface area (Å²) >= 11 is 0. The van der Waals surface area contributed by atoms with Crippen LogP contribution >= 0.6 is 0 Å². The van der Waals surface area contributed by atoms with E-state index in [2.05, 4.69) is 28.5 Å². The number of anilines is 1. The smallest absolute Gasteiger partial charge is 0.248 e. The van der Waals surface area contributed by atoms with Gasteiger partial charge in [-0.1, -0.05) is 60.7 Å². The molecule has 0 atom stereocenters. The van der Waals surface area contributed by atoms with Gasteiger partial charge in [0.05, 0.1) is 17.4 Å². The van der Waals surface area contributed by atoms with Crippen LogP contribution in [0.3, 0.4) is 0 Å². The number of rotatable bonds is 3. The number of amides is 1. The molecule has 0 unspecified atom stereocenters. The Hall–Kier alpha value is -3.46. The molecule has 25 heavy (non-hydrogen) atoms. The molecule has 0 fully saturated rings. The van der Waals surface area contributed by atoms with Crippen molar-refractivity contribution in [2.24, 2.45) is 0 Å². The van der Waals surface area contributed by atoms with Crippen LogP contribution in [0.15, 0.2) is 85.1 Å². The Bertz CT molecular complexity index is 1090. The topological polar surface area (TPSA) is 42.0 Å². The molecule has 3 aromatic carbocycles. The zero-order valence-electron chi connectivity index (χ0n) is 13.5. The summed E-state index contributed by atoms with van der Waals surface area (Å²) in [7, 11) is 0. The minimum Gasteiger partial charge on any atom is -0.321 e. The van der Waals surface area contributed by atoms with E-state index < -0.39 is 0 Å². The lowest BCUT2D eigenvalue weighted by Gasteiger charge is -2.04. The Kier molecular flexibility index (Phi) is 3.97. The minimum atomic E-state index is -0.176. The number of aromatic nitrogens is 1. The van der Waals surface area contributed by atoms with E-state index in [1.807, 2.05) is 60.7 Å².